The number of para-hydroxylation sites is 1. The van der Waals surface area contributed by atoms with E-state index in [2.05, 4.69) is 15.4 Å². The number of aliphatic hydroxyl groups is 1. The Kier molecular flexibility index (Phi) is 10.4. The summed E-state index contributed by atoms with van der Waals surface area (Å²) < 4.78 is 76.1. The molecular weight excluding hydrogens is 665 g/mol. The zero-order chi connectivity index (χ0) is 35.5. The minimum atomic E-state index is -4.94. The molecule has 11 nitrogen and oxygen atoms in total. The van der Waals surface area contributed by atoms with Crippen molar-refractivity contribution in [1.29, 1.82) is 0 Å². The summed E-state index contributed by atoms with van der Waals surface area (Å²) >= 11 is 0. The Morgan fingerprint density at radius 1 is 1.02 bits per heavy atom. The molecule has 0 aliphatic carbocycles. The van der Waals surface area contributed by atoms with E-state index < -0.39 is 52.1 Å². The Morgan fingerprint density at radius 2 is 1.65 bits per heavy atom. The third-order valence-corrected chi connectivity index (χ3v) is 10.0. The molecule has 3 amide bonds. The molecular formula is C34H35F3N4O7S. The van der Waals surface area contributed by atoms with Crippen LogP contribution in [0, 0.1) is 5.92 Å². The number of rotatable bonds is 9. The summed E-state index contributed by atoms with van der Waals surface area (Å²) in [4.78, 5) is 28.3. The van der Waals surface area contributed by atoms with E-state index in [0.717, 1.165) is 39.3 Å². The van der Waals surface area contributed by atoms with Gasteiger partial charge in [0.25, 0.3) is 5.91 Å². The maximum absolute atomic E-state index is 13.8. The van der Waals surface area contributed by atoms with Crippen LogP contribution in [0.25, 0.3) is 10.8 Å². The van der Waals surface area contributed by atoms with Crippen molar-refractivity contribution in [2.24, 2.45) is 5.92 Å². The Balaban J connectivity index is 1.44. The van der Waals surface area contributed by atoms with Crippen LogP contribution in [0.5, 0.6) is 11.5 Å². The fourth-order valence-electron chi connectivity index (χ4n) is 5.51. The van der Waals surface area contributed by atoms with E-state index in [0.29, 0.717) is 5.69 Å². The van der Waals surface area contributed by atoms with Crippen LogP contribution in [-0.4, -0.2) is 79.9 Å². The van der Waals surface area contributed by atoms with Gasteiger partial charge in [0.05, 0.1) is 41.0 Å². The number of hydrogen-bond donors (Lipinski definition) is 3. The molecule has 0 radical (unpaired) electrons. The predicted octanol–water partition coefficient (Wildman–Crippen LogP) is 5.92. The molecule has 1 aliphatic heterocycles. The number of likely N-dealkylation sites (N-methyl/N-ethyl adjacent to an activating group) is 1. The van der Waals surface area contributed by atoms with Gasteiger partial charge in [-0.1, -0.05) is 49.4 Å². The molecule has 0 aromatic heterocycles. The van der Waals surface area contributed by atoms with Crippen molar-refractivity contribution in [3.63, 3.8) is 0 Å². The lowest BCUT2D eigenvalue weighted by molar-refractivity contribution is -0.274. The number of nitrogens with zero attached hydrogens (tertiary/aromatic N) is 2. The summed E-state index contributed by atoms with van der Waals surface area (Å²) in [5.41, 5.74) is 0.779. The zero-order valence-corrected chi connectivity index (χ0v) is 27.6. The highest BCUT2D eigenvalue weighted by molar-refractivity contribution is 7.89. The highest BCUT2D eigenvalue weighted by atomic mass is 32.2. The number of carbonyl (C=O) groups excluding carboxylic acids is 2. The van der Waals surface area contributed by atoms with Gasteiger partial charge < -0.3 is 30.1 Å². The third-order valence-electron chi connectivity index (χ3n) is 8.18. The van der Waals surface area contributed by atoms with E-state index in [1.165, 1.54) is 18.0 Å². The van der Waals surface area contributed by atoms with Gasteiger partial charge in [0.2, 0.25) is 10.0 Å². The van der Waals surface area contributed by atoms with Gasteiger partial charge in [0.1, 0.15) is 11.9 Å². The lowest BCUT2D eigenvalue weighted by Gasteiger charge is -2.38. The molecule has 0 bridgehead atoms. The quantitative estimate of drug-likeness (QED) is 0.197. The normalized spacial score (nSPS) is 17.5. The summed E-state index contributed by atoms with van der Waals surface area (Å²) in [5.74, 6) is -1.52. The van der Waals surface area contributed by atoms with E-state index in [4.69, 9.17) is 4.74 Å². The number of aliphatic hydroxyl groups excluding tert-OH is 1. The molecule has 0 saturated heterocycles. The highest BCUT2D eigenvalue weighted by Crippen LogP contribution is 2.36. The van der Waals surface area contributed by atoms with Gasteiger partial charge in [0, 0.05) is 24.9 Å². The number of amides is 3. The number of fused-ring (bicyclic) bond motifs is 2. The lowest BCUT2D eigenvalue weighted by Crippen LogP contribution is -2.50. The first kappa shape index (κ1) is 35.4. The number of hydrogen-bond acceptors (Lipinski definition) is 7. The number of nitrogens with one attached hydrogen (secondary N) is 2. The van der Waals surface area contributed by atoms with Crippen molar-refractivity contribution in [2.45, 2.75) is 37.3 Å². The SMILES string of the molecule is CC1CN(C(C)CO)C(=O)c2cccc(NC(=O)Nc3cccc4ccccc34)c2OC1CN(C)S(=O)(=O)c1ccc(OC(F)(F)F)cc1. The maximum atomic E-state index is 13.8. The molecule has 1 heterocycles. The van der Waals surface area contributed by atoms with Crippen molar-refractivity contribution in [3.05, 3.63) is 90.5 Å². The van der Waals surface area contributed by atoms with Crippen LogP contribution in [0.15, 0.2) is 89.8 Å². The Hall–Kier alpha value is -4.86. The first-order valence-electron chi connectivity index (χ1n) is 15.3. The number of sulfonamides is 1. The van der Waals surface area contributed by atoms with Gasteiger partial charge in [-0.25, -0.2) is 13.2 Å². The Bertz CT molecular complexity index is 1940. The monoisotopic (exact) mass is 700 g/mol. The number of anilines is 2. The van der Waals surface area contributed by atoms with Crippen LogP contribution in [0.3, 0.4) is 0 Å². The van der Waals surface area contributed by atoms with Gasteiger partial charge in [-0.2, -0.15) is 4.31 Å². The van der Waals surface area contributed by atoms with Crippen LogP contribution >= 0.6 is 0 Å². The van der Waals surface area contributed by atoms with Crippen LogP contribution < -0.4 is 20.1 Å². The molecule has 3 unspecified atom stereocenters. The van der Waals surface area contributed by atoms with Gasteiger partial charge in [0.15, 0.2) is 5.75 Å². The van der Waals surface area contributed by atoms with Crippen molar-refractivity contribution in [3.8, 4) is 11.5 Å². The van der Waals surface area contributed by atoms with E-state index in [9.17, 15) is 36.3 Å². The summed E-state index contributed by atoms with van der Waals surface area (Å²) in [6, 6.07) is 20.2. The summed E-state index contributed by atoms with van der Waals surface area (Å²) in [7, 11) is -2.93. The second kappa shape index (κ2) is 14.3. The third kappa shape index (κ3) is 8.07. The highest BCUT2D eigenvalue weighted by Gasteiger charge is 2.37. The van der Waals surface area contributed by atoms with Crippen LogP contribution in [0.1, 0.15) is 24.2 Å². The van der Waals surface area contributed by atoms with E-state index in [-0.39, 0.29) is 41.6 Å². The number of carbonyl (C=O) groups is 2. The number of ether oxygens (including phenoxy) is 2. The van der Waals surface area contributed by atoms with Crippen molar-refractivity contribution in [2.75, 3.05) is 37.4 Å². The van der Waals surface area contributed by atoms with Crippen molar-refractivity contribution >= 4 is 44.1 Å². The second-order valence-corrected chi connectivity index (χ2v) is 13.8. The lowest BCUT2D eigenvalue weighted by atomic mass is 9.99. The Morgan fingerprint density at radius 3 is 2.35 bits per heavy atom. The minimum Gasteiger partial charge on any atom is -0.486 e. The number of alkyl halides is 3. The first-order chi connectivity index (χ1) is 23.2. The first-order valence-corrected chi connectivity index (χ1v) is 16.7. The molecule has 3 N–H and O–H groups in total. The van der Waals surface area contributed by atoms with Crippen LogP contribution in [0.2, 0.25) is 0 Å². The average molecular weight is 701 g/mol. The van der Waals surface area contributed by atoms with Gasteiger partial charge >= 0.3 is 12.4 Å². The summed E-state index contributed by atoms with van der Waals surface area (Å²) in [6.45, 7) is 2.95. The molecule has 15 heteroatoms. The molecule has 0 fully saturated rings. The molecule has 5 rings (SSSR count). The molecule has 0 spiro atoms. The molecule has 0 saturated carbocycles. The van der Waals surface area contributed by atoms with Crippen molar-refractivity contribution in [1.82, 2.24) is 9.21 Å². The molecule has 260 valence electrons. The second-order valence-electron chi connectivity index (χ2n) is 11.7. The molecule has 4 aromatic carbocycles. The summed E-state index contributed by atoms with van der Waals surface area (Å²) in [6.07, 6.45) is -5.83. The summed E-state index contributed by atoms with van der Waals surface area (Å²) in [5, 5.41) is 17.3. The number of urea groups is 1. The minimum absolute atomic E-state index is 0.00621. The largest absolute Gasteiger partial charge is 0.573 e. The van der Waals surface area contributed by atoms with Crippen LogP contribution in [-0.2, 0) is 10.0 Å². The van der Waals surface area contributed by atoms with E-state index in [1.54, 1.807) is 38.1 Å². The topological polar surface area (TPSA) is 138 Å². The zero-order valence-electron chi connectivity index (χ0n) is 26.8. The van der Waals surface area contributed by atoms with Gasteiger partial charge in [-0.15, -0.1) is 13.2 Å². The Labute approximate surface area is 281 Å². The average Bonchev–Trinajstić information content (AvgIpc) is 3.06. The fraction of sp³-hybridized carbons (Fsp3) is 0.294. The maximum Gasteiger partial charge on any atom is 0.573 e. The predicted molar refractivity (Wildman–Crippen MR) is 177 cm³/mol. The van der Waals surface area contributed by atoms with Gasteiger partial charge in [-0.05, 0) is 54.8 Å². The molecule has 3 atom stereocenters. The smallest absolute Gasteiger partial charge is 0.486 e. The van der Waals surface area contributed by atoms with Gasteiger partial charge in [-0.3, -0.25) is 4.79 Å². The molecule has 4 aromatic rings. The van der Waals surface area contributed by atoms with Crippen LogP contribution in [0.4, 0.5) is 29.3 Å². The number of halogens is 3. The molecule has 1 aliphatic rings. The molecule has 49 heavy (non-hydrogen) atoms. The van der Waals surface area contributed by atoms with E-state index in [1.807, 2.05) is 30.3 Å². The standard InChI is InChI=1S/C34H35F3N4O7S/c1-21-18-41(22(2)20-42)32(43)27-11-7-13-29(39-33(44)38-28-12-6-9-23-8-4-5-10-26(23)28)31(27)47-30(21)19-40(3)49(45,46)25-16-14-24(15-17-25)48-34(35,36)37/h4-17,21-22,30,42H,18-20H2,1-3H3,(H2,38,39,44). The fourth-order valence-corrected chi connectivity index (χ4v) is 6.70. The number of benzene rings is 4. The van der Waals surface area contributed by atoms with E-state index >= 15 is 0 Å². The van der Waals surface area contributed by atoms with Crippen molar-refractivity contribution < 1.29 is 45.8 Å².